The molecule has 0 amide bonds. The van der Waals surface area contributed by atoms with E-state index in [-0.39, 0.29) is 24.3 Å². The topological polar surface area (TPSA) is 97.6 Å². The lowest BCUT2D eigenvalue weighted by molar-refractivity contribution is -0.138. The molecule has 0 radical (unpaired) electrons. The van der Waals surface area contributed by atoms with Crippen LogP contribution in [0.25, 0.3) is 11.8 Å². The Hall–Kier alpha value is -4.79. The van der Waals surface area contributed by atoms with Gasteiger partial charge in [0.2, 0.25) is 0 Å². The summed E-state index contributed by atoms with van der Waals surface area (Å²) in [4.78, 5) is 33.3. The van der Waals surface area contributed by atoms with E-state index in [1.165, 1.54) is 30.1 Å². The molecule has 0 N–H and O–H groups in total. The molecule has 45 heavy (non-hydrogen) atoms. The Morgan fingerprint density at radius 1 is 1.04 bits per heavy atom. The van der Waals surface area contributed by atoms with Gasteiger partial charge in [0.1, 0.15) is 6.61 Å². The Kier molecular flexibility index (Phi) is 9.76. The standard InChI is InChI=1S/C34H29BrN2O7S/c1-6-15-44-31-23(35)16-20(17-26(31)42-5)18-27-32(38)37-30(22-13-14-24(40-3)25(19-22)41-4)28(33(39)43-7-2)29(36-34(37)45-27)21-11-9-8-10-12-21/h1,8-14,16-19,30H,7,15H2,2-5H3/b27-18-/t30-/m0/s1. The van der Waals surface area contributed by atoms with E-state index in [1.54, 1.807) is 50.4 Å². The van der Waals surface area contributed by atoms with Crippen LogP contribution >= 0.6 is 27.3 Å². The first-order valence-corrected chi connectivity index (χ1v) is 15.4. The number of hydrogen-bond donors (Lipinski definition) is 0. The lowest BCUT2D eigenvalue weighted by Crippen LogP contribution is -2.40. The first-order valence-electron chi connectivity index (χ1n) is 13.8. The molecule has 5 rings (SSSR count). The van der Waals surface area contributed by atoms with Crippen LogP contribution in [0.2, 0.25) is 0 Å². The van der Waals surface area contributed by atoms with E-state index < -0.39 is 12.0 Å². The molecule has 0 unspecified atom stereocenters. The number of carbonyl (C=O) groups excluding carboxylic acids is 1. The number of thiazole rings is 1. The van der Waals surface area contributed by atoms with Crippen molar-refractivity contribution in [2.45, 2.75) is 13.0 Å². The van der Waals surface area contributed by atoms with E-state index in [4.69, 9.17) is 35.1 Å². The zero-order chi connectivity index (χ0) is 32.1. The number of hydrogen-bond acceptors (Lipinski definition) is 9. The van der Waals surface area contributed by atoms with Gasteiger partial charge in [0.25, 0.3) is 5.56 Å². The Morgan fingerprint density at radius 3 is 2.44 bits per heavy atom. The van der Waals surface area contributed by atoms with Crippen LogP contribution in [0.4, 0.5) is 0 Å². The summed E-state index contributed by atoms with van der Waals surface area (Å²) in [5.41, 5.74) is 2.31. The fraction of sp³-hybridized carbons (Fsp3) is 0.206. The average molecular weight is 690 g/mol. The highest BCUT2D eigenvalue weighted by Gasteiger charge is 2.35. The lowest BCUT2D eigenvalue weighted by Gasteiger charge is -2.26. The average Bonchev–Trinajstić information content (AvgIpc) is 3.37. The van der Waals surface area contributed by atoms with Crippen molar-refractivity contribution in [1.82, 2.24) is 4.57 Å². The number of nitrogens with zero attached hydrogens (tertiary/aromatic N) is 2. The van der Waals surface area contributed by atoms with Gasteiger partial charge in [0.05, 0.1) is 54.3 Å². The summed E-state index contributed by atoms with van der Waals surface area (Å²) < 4.78 is 30.3. The third-order valence-electron chi connectivity index (χ3n) is 6.95. The van der Waals surface area contributed by atoms with E-state index >= 15 is 0 Å². The van der Waals surface area contributed by atoms with Crippen LogP contribution in [0.3, 0.4) is 0 Å². The molecule has 0 saturated heterocycles. The van der Waals surface area contributed by atoms with Crippen molar-refractivity contribution in [2.24, 2.45) is 4.99 Å². The molecular weight excluding hydrogens is 660 g/mol. The van der Waals surface area contributed by atoms with Crippen LogP contribution in [-0.4, -0.2) is 45.1 Å². The van der Waals surface area contributed by atoms with E-state index in [1.807, 2.05) is 30.3 Å². The normalized spacial score (nSPS) is 14.2. The molecular formula is C34H29BrN2O7S. The molecule has 2 heterocycles. The van der Waals surface area contributed by atoms with Crippen molar-refractivity contribution in [2.75, 3.05) is 34.5 Å². The van der Waals surface area contributed by atoms with Crippen molar-refractivity contribution in [3.05, 3.63) is 107 Å². The summed E-state index contributed by atoms with van der Waals surface area (Å²) in [5, 5.41) is 0. The van der Waals surface area contributed by atoms with Gasteiger partial charge in [-0.25, -0.2) is 9.79 Å². The second-order valence-corrected chi connectivity index (χ2v) is 11.4. The number of aromatic nitrogens is 1. The minimum Gasteiger partial charge on any atom is -0.493 e. The highest BCUT2D eigenvalue weighted by molar-refractivity contribution is 9.10. The number of halogens is 1. The fourth-order valence-electron chi connectivity index (χ4n) is 5.01. The van der Waals surface area contributed by atoms with E-state index in [9.17, 15) is 9.59 Å². The predicted molar refractivity (Wildman–Crippen MR) is 176 cm³/mol. The maximum absolute atomic E-state index is 14.3. The fourth-order valence-corrected chi connectivity index (χ4v) is 6.58. The number of rotatable bonds is 10. The SMILES string of the molecule is C#CCOc1c(Br)cc(/C=c2\sc3n(c2=O)[C@@H](c2ccc(OC)c(OC)c2)C(C(=O)OCC)=C(c2ccccc2)N=3)cc1OC. The van der Waals surface area contributed by atoms with Crippen LogP contribution in [0.15, 0.2) is 80.5 Å². The Balaban J connectivity index is 1.80. The minimum atomic E-state index is -0.877. The lowest BCUT2D eigenvalue weighted by atomic mass is 9.93. The van der Waals surface area contributed by atoms with Crippen LogP contribution in [-0.2, 0) is 9.53 Å². The van der Waals surface area contributed by atoms with Gasteiger partial charge in [-0.05, 0) is 64.3 Å². The van der Waals surface area contributed by atoms with E-state index in [2.05, 4.69) is 21.9 Å². The number of benzene rings is 3. The summed E-state index contributed by atoms with van der Waals surface area (Å²) in [6.07, 6.45) is 7.10. The van der Waals surface area contributed by atoms with Crippen molar-refractivity contribution < 1.29 is 28.5 Å². The summed E-state index contributed by atoms with van der Waals surface area (Å²) in [6.45, 7) is 1.94. The smallest absolute Gasteiger partial charge is 0.338 e. The molecule has 0 fully saturated rings. The second kappa shape index (κ2) is 13.9. The third-order valence-corrected chi connectivity index (χ3v) is 8.52. The largest absolute Gasteiger partial charge is 0.493 e. The molecule has 0 bridgehead atoms. The Labute approximate surface area is 272 Å². The maximum Gasteiger partial charge on any atom is 0.338 e. The Bertz CT molecular complexity index is 2010. The first-order chi connectivity index (χ1) is 21.8. The maximum atomic E-state index is 14.3. The van der Waals surface area contributed by atoms with Gasteiger partial charge in [-0.3, -0.25) is 9.36 Å². The zero-order valence-electron chi connectivity index (χ0n) is 25.0. The first kappa shape index (κ1) is 31.6. The third kappa shape index (κ3) is 6.25. The molecule has 9 nitrogen and oxygen atoms in total. The summed E-state index contributed by atoms with van der Waals surface area (Å²) in [7, 11) is 4.59. The summed E-state index contributed by atoms with van der Waals surface area (Å²) >= 11 is 4.73. The van der Waals surface area contributed by atoms with Gasteiger partial charge in [-0.2, -0.15) is 0 Å². The molecule has 0 saturated carbocycles. The predicted octanol–water partition coefficient (Wildman–Crippen LogP) is 4.74. The van der Waals surface area contributed by atoms with Crippen molar-refractivity contribution >= 4 is 45.0 Å². The molecule has 1 atom stereocenters. The molecule has 230 valence electrons. The second-order valence-electron chi connectivity index (χ2n) is 9.57. The van der Waals surface area contributed by atoms with Crippen molar-refractivity contribution in [3.63, 3.8) is 0 Å². The number of fused-ring (bicyclic) bond motifs is 1. The number of carbonyl (C=O) groups is 1. The quantitative estimate of drug-likeness (QED) is 0.176. The van der Waals surface area contributed by atoms with E-state index in [0.717, 1.165) is 0 Å². The van der Waals surface area contributed by atoms with Crippen LogP contribution in [0.1, 0.15) is 29.7 Å². The van der Waals surface area contributed by atoms with Gasteiger partial charge in [0, 0.05) is 5.56 Å². The summed E-state index contributed by atoms with van der Waals surface area (Å²) in [5.74, 6) is 3.71. The van der Waals surface area contributed by atoms with E-state index in [0.29, 0.717) is 59.2 Å². The van der Waals surface area contributed by atoms with Crippen molar-refractivity contribution in [1.29, 1.82) is 0 Å². The Morgan fingerprint density at radius 2 is 1.78 bits per heavy atom. The van der Waals surface area contributed by atoms with Crippen LogP contribution in [0.5, 0.6) is 23.0 Å². The molecule has 0 spiro atoms. The molecule has 4 aromatic rings. The zero-order valence-corrected chi connectivity index (χ0v) is 27.4. The molecule has 3 aromatic carbocycles. The number of methoxy groups -OCH3 is 3. The van der Waals surface area contributed by atoms with Crippen LogP contribution < -0.4 is 33.8 Å². The molecule has 0 aliphatic carbocycles. The number of terminal acetylenes is 1. The van der Waals surface area contributed by atoms with Gasteiger partial charge in [-0.15, -0.1) is 6.42 Å². The van der Waals surface area contributed by atoms with Gasteiger partial charge < -0.3 is 23.7 Å². The van der Waals surface area contributed by atoms with Gasteiger partial charge >= 0.3 is 5.97 Å². The monoisotopic (exact) mass is 688 g/mol. The molecule has 11 heteroatoms. The van der Waals surface area contributed by atoms with Gasteiger partial charge in [0.15, 0.2) is 27.8 Å². The number of ether oxygens (including phenoxy) is 5. The molecule has 1 aliphatic rings. The van der Waals surface area contributed by atoms with Crippen molar-refractivity contribution in [3.8, 4) is 35.3 Å². The van der Waals surface area contributed by atoms with Crippen LogP contribution in [0, 0.1) is 12.3 Å². The van der Waals surface area contributed by atoms with Gasteiger partial charge in [-0.1, -0.05) is 53.7 Å². The highest BCUT2D eigenvalue weighted by Crippen LogP contribution is 2.39. The molecule has 1 aromatic heterocycles. The number of esters is 1. The molecule has 1 aliphatic heterocycles. The minimum absolute atomic E-state index is 0.0651. The summed E-state index contributed by atoms with van der Waals surface area (Å²) in [6, 6.07) is 17.3. The highest BCUT2D eigenvalue weighted by atomic mass is 79.9.